The lowest BCUT2D eigenvalue weighted by Crippen LogP contribution is -2.47. The highest BCUT2D eigenvalue weighted by Gasteiger charge is 2.28. The molecular formula is C12H14N4O3S. The van der Waals surface area contributed by atoms with E-state index in [1.54, 1.807) is 0 Å². The van der Waals surface area contributed by atoms with E-state index in [2.05, 4.69) is 21.5 Å². The number of fused-ring (bicyclic) bond motifs is 1. The fourth-order valence-corrected chi connectivity index (χ4v) is 2.75. The molecule has 2 rings (SSSR count). The van der Waals surface area contributed by atoms with Gasteiger partial charge in [-0.1, -0.05) is 12.1 Å². The first-order valence-electron chi connectivity index (χ1n) is 5.93. The summed E-state index contributed by atoms with van der Waals surface area (Å²) in [5.74, 6) is -0.649. The van der Waals surface area contributed by atoms with E-state index in [4.69, 9.17) is 0 Å². The van der Waals surface area contributed by atoms with Gasteiger partial charge in [0.1, 0.15) is 0 Å². The zero-order valence-corrected chi connectivity index (χ0v) is 11.5. The highest BCUT2D eigenvalue weighted by Crippen LogP contribution is 2.36. The Bertz CT molecular complexity index is 549. The van der Waals surface area contributed by atoms with E-state index in [1.165, 1.54) is 18.8 Å². The molecule has 1 atom stereocenters. The third-order valence-electron chi connectivity index (χ3n) is 2.62. The Labute approximate surface area is 119 Å². The molecule has 20 heavy (non-hydrogen) atoms. The van der Waals surface area contributed by atoms with Crippen LogP contribution in [0.2, 0.25) is 0 Å². The molecular weight excluding hydrogens is 280 g/mol. The summed E-state index contributed by atoms with van der Waals surface area (Å²) < 4.78 is 0. The quantitative estimate of drug-likeness (QED) is 0.595. The van der Waals surface area contributed by atoms with Crippen LogP contribution in [0.5, 0.6) is 0 Å². The van der Waals surface area contributed by atoms with Crippen molar-refractivity contribution in [3.05, 3.63) is 24.3 Å². The van der Waals surface area contributed by atoms with E-state index in [9.17, 15) is 14.4 Å². The molecule has 4 amide bonds. The Hall–Kier alpha value is -2.22. The topological polar surface area (TPSA) is 99.3 Å². The lowest BCUT2D eigenvalue weighted by molar-refractivity contribution is -0.124. The van der Waals surface area contributed by atoms with Gasteiger partial charge in [-0.3, -0.25) is 15.0 Å². The molecule has 4 N–H and O–H groups in total. The van der Waals surface area contributed by atoms with Gasteiger partial charge in [0, 0.05) is 18.4 Å². The van der Waals surface area contributed by atoms with Crippen LogP contribution in [0.25, 0.3) is 0 Å². The van der Waals surface area contributed by atoms with Crippen LogP contribution in [0.15, 0.2) is 29.2 Å². The molecule has 0 aliphatic carbocycles. The summed E-state index contributed by atoms with van der Waals surface area (Å²) in [7, 11) is 1.43. The van der Waals surface area contributed by atoms with Crippen molar-refractivity contribution >= 4 is 35.3 Å². The minimum Gasteiger partial charge on any atom is -0.340 e. The summed E-state index contributed by atoms with van der Waals surface area (Å²) in [6.07, 6.45) is -0.0190. The molecule has 1 aliphatic rings. The molecule has 8 heteroatoms. The van der Waals surface area contributed by atoms with Crippen LogP contribution in [0, 0.1) is 0 Å². The second-order valence-electron chi connectivity index (χ2n) is 4.05. The molecule has 1 aromatic rings. The molecule has 0 spiro atoms. The number of urea groups is 1. The lowest BCUT2D eigenvalue weighted by Gasteiger charge is -2.23. The third-order valence-corrected chi connectivity index (χ3v) is 3.90. The normalized spacial score (nSPS) is 16.6. The molecule has 0 unspecified atom stereocenters. The van der Waals surface area contributed by atoms with Crippen molar-refractivity contribution in [2.45, 2.75) is 16.6 Å². The van der Waals surface area contributed by atoms with Crippen LogP contribution in [0.1, 0.15) is 6.42 Å². The Morgan fingerprint density at radius 1 is 1.30 bits per heavy atom. The number of nitrogens with one attached hydrogen (secondary N) is 4. The summed E-state index contributed by atoms with van der Waals surface area (Å²) in [5.41, 5.74) is 5.15. The molecule has 0 aromatic heterocycles. The Balaban J connectivity index is 1.92. The van der Waals surface area contributed by atoms with Gasteiger partial charge >= 0.3 is 6.03 Å². The maximum absolute atomic E-state index is 11.9. The van der Waals surface area contributed by atoms with Gasteiger partial charge in [-0.15, -0.1) is 11.8 Å². The number of carbonyl (C=O) groups excluding carboxylic acids is 3. The van der Waals surface area contributed by atoms with Gasteiger partial charge in [0.25, 0.3) is 0 Å². The summed E-state index contributed by atoms with van der Waals surface area (Å²) in [6.45, 7) is 0. The zero-order chi connectivity index (χ0) is 14.5. The van der Waals surface area contributed by atoms with Crippen LogP contribution in [-0.2, 0) is 9.59 Å². The fourth-order valence-electron chi connectivity index (χ4n) is 1.64. The number of para-hydroxylation sites is 1. The number of amides is 4. The van der Waals surface area contributed by atoms with Gasteiger partial charge < -0.3 is 10.6 Å². The zero-order valence-electron chi connectivity index (χ0n) is 10.7. The average molecular weight is 294 g/mol. The number of rotatable bonds is 2. The first kappa shape index (κ1) is 14.2. The Kier molecular flexibility index (Phi) is 4.46. The standard InChI is InChI=1S/C12H14N4O3S/c1-13-12(19)16-15-10(17)6-9-11(18)14-7-4-2-3-5-8(7)20-9/h2-5,9H,6H2,1H3,(H,14,18)(H,15,17)(H2,13,16,19)/t9-/m1/s1. The number of hydrazine groups is 1. The van der Waals surface area contributed by atoms with E-state index in [1.807, 2.05) is 24.3 Å². The van der Waals surface area contributed by atoms with Gasteiger partial charge in [-0.2, -0.15) is 0 Å². The van der Waals surface area contributed by atoms with Crippen molar-refractivity contribution in [1.29, 1.82) is 0 Å². The number of anilines is 1. The molecule has 106 valence electrons. The molecule has 0 bridgehead atoms. The average Bonchev–Trinajstić information content (AvgIpc) is 2.45. The van der Waals surface area contributed by atoms with Gasteiger partial charge in [0.2, 0.25) is 11.8 Å². The number of thioether (sulfide) groups is 1. The number of carbonyl (C=O) groups is 3. The van der Waals surface area contributed by atoms with Crippen LogP contribution >= 0.6 is 11.8 Å². The van der Waals surface area contributed by atoms with Crippen LogP contribution in [0.4, 0.5) is 10.5 Å². The minimum atomic E-state index is -0.524. The van der Waals surface area contributed by atoms with E-state index in [0.29, 0.717) is 0 Å². The molecule has 7 nitrogen and oxygen atoms in total. The predicted molar refractivity (Wildman–Crippen MR) is 75.1 cm³/mol. The fraction of sp³-hybridized carbons (Fsp3) is 0.250. The van der Waals surface area contributed by atoms with Gasteiger partial charge in [0.05, 0.1) is 10.9 Å². The molecule has 0 saturated carbocycles. The van der Waals surface area contributed by atoms with Gasteiger partial charge in [0.15, 0.2) is 0 Å². The van der Waals surface area contributed by atoms with E-state index in [0.717, 1.165) is 10.6 Å². The highest BCUT2D eigenvalue weighted by atomic mass is 32.2. The van der Waals surface area contributed by atoms with Gasteiger partial charge in [-0.05, 0) is 12.1 Å². The van der Waals surface area contributed by atoms with Crippen molar-refractivity contribution in [3.8, 4) is 0 Å². The largest absolute Gasteiger partial charge is 0.340 e. The summed E-state index contributed by atoms with van der Waals surface area (Å²) >= 11 is 1.33. The van der Waals surface area contributed by atoms with Crippen molar-refractivity contribution in [2.24, 2.45) is 0 Å². The monoisotopic (exact) mass is 294 g/mol. The smallest absolute Gasteiger partial charge is 0.333 e. The Morgan fingerprint density at radius 3 is 2.80 bits per heavy atom. The van der Waals surface area contributed by atoms with Gasteiger partial charge in [-0.25, -0.2) is 10.2 Å². The van der Waals surface area contributed by atoms with Crippen molar-refractivity contribution in [2.75, 3.05) is 12.4 Å². The first-order valence-corrected chi connectivity index (χ1v) is 6.81. The summed E-state index contributed by atoms with van der Waals surface area (Å²) in [6, 6.07) is 6.87. The van der Waals surface area contributed by atoms with Crippen molar-refractivity contribution in [3.63, 3.8) is 0 Å². The number of benzene rings is 1. The number of hydrogen-bond donors (Lipinski definition) is 4. The molecule has 1 heterocycles. The number of hydrogen-bond acceptors (Lipinski definition) is 4. The summed E-state index contributed by atoms with van der Waals surface area (Å²) in [5, 5.41) is 4.53. The SMILES string of the molecule is CNC(=O)NNC(=O)C[C@H]1Sc2ccccc2NC1=O. The molecule has 0 fully saturated rings. The van der Waals surface area contributed by atoms with E-state index < -0.39 is 17.2 Å². The predicted octanol–water partition coefficient (Wildman–Crippen LogP) is 0.450. The molecule has 0 radical (unpaired) electrons. The maximum atomic E-state index is 11.9. The minimum absolute atomic E-state index is 0.0190. The lowest BCUT2D eigenvalue weighted by atomic mass is 10.2. The van der Waals surface area contributed by atoms with Crippen LogP contribution < -0.4 is 21.5 Å². The molecule has 1 aromatic carbocycles. The van der Waals surface area contributed by atoms with Crippen molar-refractivity contribution in [1.82, 2.24) is 16.2 Å². The van der Waals surface area contributed by atoms with Crippen molar-refractivity contribution < 1.29 is 14.4 Å². The summed E-state index contributed by atoms with van der Waals surface area (Å²) in [4.78, 5) is 35.4. The van der Waals surface area contributed by atoms with Crippen LogP contribution in [-0.4, -0.2) is 30.1 Å². The first-order chi connectivity index (χ1) is 9.60. The Morgan fingerprint density at radius 2 is 2.05 bits per heavy atom. The van der Waals surface area contributed by atoms with E-state index in [-0.39, 0.29) is 12.3 Å². The second kappa shape index (κ2) is 6.29. The maximum Gasteiger partial charge on any atom is 0.333 e. The third kappa shape index (κ3) is 3.41. The van der Waals surface area contributed by atoms with Crippen LogP contribution in [0.3, 0.4) is 0 Å². The second-order valence-corrected chi connectivity index (χ2v) is 5.29. The van der Waals surface area contributed by atoms with E-state index >= 15 is 0 Å². The highest BCUT2D eigenvalue weighted by molar-refractivity contribution is 8.01. The molecule has 1 aliphatic heterocycles. The molecule has 0 saturated heterocycles.